The Labute approximate surface area is 69.3 Å². The van der Waals surface area contributed by atoms with Crippen LogP contribution in [-0.2, 0) is 0 Å². The Morgan fingerprint density at radius 2 is 2.55 bits per heavy atom. The van der Waals surface area contributed by atoms with Crippen molar-refractivity contribution in [3.05, 3.63) is 0 Å². The van der Waals surface area contributed by atoms with Crippen molar-refractivity contribution in [1.29, 1.82) is 0 Å². The molecular weight excluding hydrogens is 164 g/mol. The van der Waals surface area contributed by atoms with E-state index < -0.39 is 6.09 Å². The zero-order valence-electron chi connectivity index (χ0n) is 6.28. The van der Waals surface area contributed by atoms with Gasteiger partial charge in [-0.2, -0.15) is 0 Å². The molecule has 5 heteroatoms. The topological polar surface area (TPSA) is 52.9 Å². The van der Waals surface area contributed by atoms with Crippen LogP contribution in [0, 0.1) is 0 Å². The number of rotatable bonds is 0. The molecule has 0 unspecified atom stereocenters. The van der Waals surface area contributed by atoms with Crippen LogP contribution in [0.5, 0.6) is 0 Å². The smallest absolute Gasteiger partial charge is 0.413 e. The summed E-state index contributed by atoms with van der Waals surface area (Å²) in [4.78, 5) is 15.9. The Morgan fingerprint density at radius 1 is 1.82 bits per heavy atom. The standard InChI is InChI=1S/C6H10N2O2S/c1-11-5-7-3-2-4-8(5)6(9)10/h2-4H2,1H3,(H,9,10). The van der Waals surface area contributed by atoms with Crippen molar-refractivity contribution in [3.8, 4) is 0 Å². The van der Waals surface area contributed by atoms with Crippen molar-refractivity contribution in [2.24, 2.45) is 4.99 Å². The third-order valence-corrected chi connectivity index (χ3v) is 2.15. The molecule has 0 aromatic rings. The second kappa shape index (κ2) is 3.61. The number of carbonyl (C=O) groups is 1. The zero-order chi connectivity index (χ0) is 8.27. The van der Waals surface area contributed by atoms with E-state index in [0.29, 0.717) is 11.7 Å². The molecule has 62 valence electrons. The van der Waals surface area contributed by atoms with E-state index in [9.17, 15) is 4.79 Å². The van der Waals surface area contributed by atoms with E-state index in [1.165, 1.54) is 16.7 Å². The molecule has 0 bridgehead atoms. The SMILES string of the molecule is CSC1=NCCCN1C(=O)O. The minimum Gasteiger partial charge on any atom is -0.465 e. The van der Waals surface area contributed by atoms with Crippen LogP contribution in [0.1, 0.15) is 6.42 Å². The van der Waals surface area contributed by atoms with Crippen molar-refractivity contribution in [2.75, 3.05) is 19.3 Å². The summed E-state index contributed by atoms with van der Waals surface area (Å²) in [6, 6.07) is 0. The second-order valence-corrected chi connectivity index (χ2v) is 2.93. The summed E-state index contributed by atoms with van der Waals surface area (Å²) in [5, 5.41) is 9.29. The second-order valence-electron chi connectivity index (χ2n) is 2.16. The third-order valence-electron chi connectivity index (χ3n) is 1.43. The molecule has 1 aliphatic rings. The maximum atomic E-state index is 10.6. The van der Waals surface area contributed by atoms with Crippen molar-refractivity contribution >= 4 is 23.0 Å². The first kappa shape index (κ1) is 8.39. The van der Waals surface area contributed by atoms with E-state index in [-0.39, 0.29) is 0 Å². The van der Waals surface area contributed by atoms with Gasteiger partial charge in [0, 0.05) is 13.1 Å². The molecule has 0 atom stereocenters. The van der Waals surface area contributed by atoms with Gasteiger partial charge in [-0.25, -0.2) is 4.79 Å². The molecule has 0 spiro atoms. The summed E-state index contributed by atoms with van der Waals surface area (Å²) in [6.07, 6.45) is 1.76. The summed E-state index contributed by atoms with van der Waals surface area (Å²) >= 11 is 1.38. The first-order valence-electron chi connectivity index (χ1n) is 3.34. The van der Waals surface area contributed by atoms with Crippen LogP contribution in [0.25, 0.3) is 0 Å². The number of amides is 1. The number of thioether (sulfide) groups is 1. The van der Waals surface area contributed by atoms with Crippen LogP contribution in [0.15, 0.2) is 4.99 Å². The number of amidine groups is 1. The molecule has 0 radical (unpaired) electrons. The number of hydrogen-bond donors (Lipinski definition) is 1. The molecule has 1 N–H and O–H groups in total. The van der Waals surface area contributed by atoms with Crippen molar-refractivity contribution in [2.45, 2.75) is 6.42 Å². The predicted molar refractivity (Wildman–Crippen MR) is 45.2 cm³/mol. The number of carboxylic acid groups (broad SMARTS) is 1. The van der Waals surface area contributed by atoms with Gasteiger partial charge in [-0.1, -0.05) is 11.8 Å². The summed E-state index contributed by atoms with van der Waals surface area (Å²) in [5.41, 5.74) is 0. The molecule has 0 aliphatic carbocycles. The molecule has 1 rings (SSSR count). The molecule has 1 heterocycles. The van der Waals surface area contributed by atoms with Crippen molar-refractivity contribution in [3.63, 3.8) is 0 Å². The lowest BCUT2D eigenvalue weighted by atomic mass is 10.4. The highest BCUT2D eigenvalue weighted by Gasteiger charge is 2.19. The van der Waals surface area contributed by atoms with E-state index in [0.717, 1.165) is 13.0 Å². The van der Waals surface area contributed by atoms with Gasteiger partial charge in [0.1, 0.15) is 0 Å². The normalized spacial score (nSPS) is 17.9. The third kappa shape index (κ3) is 1.86. The summed E-state index contributed by atoms with van der Waals surface area (Å²) in [6.45, 7) is 1.33. The summed E-state index contributed by atoms with van der Waals surface area (Å²) in [7, 11) is 0. The lowest BCUT2D eigenvalue weighted by Gasteiger charge is -2.22. The molecule has 0 saturated heterocycles. The molecule has 0 aromatic heterocycles. The van der Waals surface area contributed by atoms with Gasteiger partial charge in [0.2, 0.25) is 0 Å². The van der Waals surface area contributed by atoms with Crippen LogP contribution in [0.3, 0.4) is 0 Å². The maximum absolute atomic E-state index is 10.6. The molecule has 0 aromatic carbocycles. The van der Waals surface area contributed by atoms with Crippen LogP contribution < -0.4 is 0 Å². The van der Waals surface area contributed by atoms with Crippen LogP contribution in [-0.4, -0.2) is 40.6 Å². The first-order chi connectivity index (χ1) is 5.25. The van der Waals surface area contributed by atoms with Gasteiger partial charge in [-0.15, -0.1) is 0 Å². The van der Waals surface area contributed by atoms with Gasteiger partial charge in [-0.05, 0) is 12.7 Å². The Morgan fingerprint density at radius 3 is 3.00 bits per heavy atom. The fourth-order valence-electron chi connectivity index (χ4n) is 0.937. The Hall–Kier alpha value is -0.710. The number of aliphatic imine (C=N–C) groups is 1. The van der Waals surface area contributed by atoms with E-state index in [1.807, 2.05) is 6.26 Å². The van der Waals surface area contributed by atoms with Crippen LogP contribution in [0.4, 0.5) is 4.79 Å². The Balaban J connectivity index is 2.69. The molecule has 1 amide bonds. The highest BCUT2D eigenvalue weighted by molar-refractivity contribution is 8.13. The Kier molecular flexibility index (Phi) is 2.76. The van der Waals surface area contributed by atoms with Gasteiger partial charge >= 0.3 is 6.09 Å². The lowest BCUT2D eigenvalue weighted by Crippen LogP contribution is -2.37. The van der Waals surface area contributed by atoms with Crippen molar-refractivity contribution in [1.82, 2.24) is 4.90 Å². The van der Waals surface area contributed by atoms with E-state index in [4.69, 9.17) is 5.11 Å². The molecule has 0 fully saturated rings. The van der Waals surface area contributed by atoms with Crippen LogP contribution >= 0.6 is 11.8 Å². The van der Waals surface area contributed by atoms with Gasteiger partial charge in [0.25, 0.3) is 0 Å². The van der Waals surface area contributed by atoms with E-state index in [2.05, 4.69) is 4.99 Å². The summed E-state index contributed by atoms with van der Waals surface area (Å²) in [5.74, 6) is 0. The highest BCUT2D eigenvalue weighted by Crippen LogP contribution is 2.11. The fraction of sp³-hybridized carbons (Fsp3) is 0.667. The molecule has 4 nitrogen and oxygen atoms in total. The van der Waals surface area contributed by atoms with Crippen LogP contribution in [0.2, 0.25) is 0 Å². The fourth-order valence-corrected chi connectivity index (χ4v) is 1.55. The molecule has 1 aliphatic heterocycles. The molecule has 0 saturated carbocycles. The van der Waals surface area contributed by atoms with E-state index in [1.54, 1.807) is 0 Å². The monoisotopic (exact) mass is 174 g/mol. The summed E-state index contributed by atoms with van der Waals surface area (Å²) < 4.78 is 0. The maximum Gasteiger partial charge on any atom is 0.413 e. The highest BCUT2D eigenvalue weighted by atomic mass is 32.2. The largest absolute Gasteiger partial charge is 0.465 e. The zero-order valence-corrected chi connectivity index (χ0v) is 7.10. The predicted octanol–water partition coefficient (Wildman–Crippen LogP) is 1.09. The number of hydrogen-bond acceptors (Lipinski definition) is 3. The average Bonchev–Trinajstić information content (AvgIpc) is 2.04. The quantitative estimate of drug-likeness (QED) is 0.598. The lowest BCUT2D eigenvalue weighted by molar-refractivity contribution is 0.168. The minimum atomic E-state index is -0.905. The molecule has 11 heavy (non-hydrogen) atoms. The average molecular weight is 174 g/mol. The minimum absolute atomic E-state index is 0.578. The van der Waals surface area contributed by atoms with Gasteiger partial charge < -0.3 is 5.11 Å². The first-order valence-corrected chi connectivity index (χ1v) is 4.57. The number of nitrogens with zero attached hydrogens (tertiary/aromatic N) is 2. The van der Waals surface area contributed by atoms with Gasteiger partial charge in [0.05, 0.1) is 0 Å². The van der Waals surface area contributed by atoms with Crippen molar-refractivity contribution < 1.29 is 9.90 Å². The van der Waals surface area contributed by atoms with E-state index >= 15 is 0 Å². The van der Waals surface area contributed by atoms with Gasteiger partial charge in [0.15, 0.2) is 5.17 Å². The van der Waals surface area contributed by atoms with Gasteiger partial charge in [-0.3, -0.25) is 9.89 Å². The Bertz CT molecular complexity index is 193. The molecular formula is C6H10N2O2S.